The topological polar surface area (TPSA) is 46.6 Å². The van der Waals surface area contributed by atoms with Gasteiger partial charge < -0.3 is 0 Å². The first-order chi connectivity index (χ1) is 10.2. The second kappa shape index (κ2) is 6.55. The summed E-state index contributed by atoms with van der Waals surface area (Å²) in [7, 11) is -3.87. The monoisotopic (exact) mass is 337 g/mol. The molecule has 2 rings (SSSR count). The van der Waals surface area contributed by atoms with Crippen LogP contribution in [0.3, 0.4) is 0 Å². The number of benzene rings is 1. The fourth-order valence-electron chi connectivity index (χ4n) is 2.36. The highest BCUT2D eigenvalue weighted by Crippen LogP contribution is 2.23. The first-order valence-corrected chi connectivity index (χ1v) is 8.36. The zero-order valence-corrected chi connectivity index (χ0v) is 13.0. The van der Waals surface area contributed by atoms with E-state index in [0.717, 1.165) is 5.56 Å². The first kappa shape index (κ1) is 17.2. The summed E-state index contributed by atoms with van der Waals surface area (Å²) >= 11 is 0. The highest BCUT2D eigenvalue weighted by Gasteiger charge is 2.33. The maximum atomic E-state index is 12.3. The molecule has 0 spiro atoms. The summed E-state index contributed by atoms with van der Waals surface area (Å²) in [4.78, 5) is 1.33. The Balaban J connectivity index is 1.91. The van der Waals surface area contributed by atoms with Crippen LogP contribution in [0.1, 0.15) is 18.4 Å². The van der Waals surface area contributed by atoms with Gasteiger partial charge in [-0.3, -0.25) is 9.08 Å². The molecule has 8 heteroatoms. The lowest BCUT2D eigenvalue weighted by atomic mass is 10.1. The SMILES string of the molecule is Cc1ccc(S(=O)(=O)OC2CCN(CC(F)(F)F)CC2)cc1. The molecule has 0 saturated carbocycles. The van der Waals surface area contributed by atoms with Gasteiger partial charge in [0.15, 0.2) is 0 Å². The number of nitrogens with zero attached hydrogens (tertiary/aromatic N) is 1. The van der Waals surface area contributed by atoms with E-state index in [1.807, 2.05) is 6.92 Å². The van der Waals surface area contributed by atoms with Gasteiger partial charge in [0.25, 0.3) is 10.1 Å². The van der Waals surface area contributed by atoms with E-state index in [1.165, 1.54) is 17.0 Å². The van der Waals surface area contributed by atoms with Crippen LogP contribution in [0.2, 0.25) is 0 Å². The molecule has 1 aromatic carbocycles. The van der Waals surface area contributed by atoms with Gasteiger partial charge in [-0.05, 0) is 31.9 Å². The molecule has 1 saturated heterocycles. The number of hydrogen-bond donors (Lipinski definition) is 0. The molecule has 1 aromatic rings. The minimum absolute atomic E-state index is 0.0656. The molecule has 0 N–H and O–H groups in total. The number of hydrogen-bond acceptors (Lipinski definition) is 4. The van der Waals surface area contributed by atoms with Crippen molar-refractivity contribution in [1.82, 2.24) is 4.90 Å². The summed E-state index contributed by atoms with van der Waals surface area (Å²) in [6.07, 6.45) is -4.28. The van der Waals surface area contributed by atoms with Crippen molar-refractivity contribution in [3.8, 4) is 0 Å². The average molecular weight is 337 g/mol. The molecule has 1 heterocycles. The van der Waals surface area contributed by atoms with Gasteiger partial charge in [-0.15, -0.1) is 0 Å². The molecule has 124 valence electrons. The summed E-state index contributed by atoms with van der Waals surface area (Å²) in [6, 6.07) is 6.26. The van der Waals surface area contributed by atoms with Crippen molar-refractivity contribution < 1.29 is 25.8 Å². The number of aryl methyl sites for hydroxylation is 1. The molecule has 0 radical (unpaired) electrons. The number of halogens is 3. The third kappa shape index (κ3) is 4.96. The first-order valence-electron chi connectivity index (χ1n) is 6.95. The number of alkyl halides is 3. The van der Waals surface area contributed by atoms with E-state index in [-0.39, 0.29) is 30.8 Å². The van der Waals surface area contributed by atoms with Gasteiger partial charge in [0, 0.05) is 13.1 Å². The predicted octanol–water partition coefficient (Wildman–Crippen LogP) is 2.73. The van der Waals surface area contributed by atoms with E-state index in [4.69, 9.17) is 4.18 Å². The third-order valence-electron chi connectivity index (χ3n) is 3.51. The van der Waals surface area contributed by atoms with Crippen LogP contribution in [0.15, 0.2) is 29.2 Å². The Hall–Kier alpha value is -1.12. The van der Waals surface area contributed by atoms with Gasteiger partial charge >= 0.3 is 6.18 Å². The zero-order chi connectivity index (χ0) is 16.4. The van der Waals surface area contributed by atoms with E-state index in [0.29, 0.717) is 0 Å². The van der Waals surface area contributed by atoms with Crippen molar-refractivity contribution in [1.29, 1.82) is 0 Å². The summed E-state index contributed by atoms with van der Waals surface area (Å²) in [6.45, 7) is 1.22. The Morgan fingerprint density at radius 3 is 2.23 bits per heavy atom. The molecule has 0 unspecified atom stereocenters. The van der Waals surface area contributed by atoms with E-state index in [9.17, 15) is 21.6 Å². The van der Waals surface area contributed by atoms with Crippen LogP contribution in [0.5, 0.6) is 0 Å². The van der Waals surface area contributed by atoms with Gasteiger partial charge in [-0.1, -0.05) is 17.7 Å². The lowest BCUT2D eigenvalue weighted by molar-refractivity contribution is -0.149. The van der Waals surface area contributed by atoms with E-state index < -0.39 is 28.9 Å². The molecule has 0 amide bonds. The van der Waals surface area contributed by atoms with Crippen LogP contribution >= 0.6 is 0 Å². The van der Waals surface area contributed by atoms with Crippen LogP contribution in [-0.4, -0.2) is 45.2 Å². The average Bonchev–Trinajstić information content (AvgIpc) is 2.39. The Morgan fingerprint density at radius 1 is 1.18 bits per heavy atom. The van der Waals surface area contributed by atoms with Crippen LogP contribution in [0, 0.1) is 6.92 Å². The van der Waals surface area contributed by atoms with Crippen LogP contribution in [-0.2, 0) is 14.3 Å². The molecule has 1 aliphatic heterocycles. The Labute approximate surface area is 128 Å². The number of piperidine rings is 1. The quantitative estimate of drug-likeness (QED) is 0.793. The second-order valence-corrected chi connectivity index (χ2v) is 7.03. The zero-order valence-electron chi connectivity index (χ0n) is 12.1. The maximum absolute atomic E-state index is 12.3. The molecular weight excluding hydrogens is 319 g/mol. The minimum atomic E-state index is -4.23. The number of rotatable bonds is 4. The molecule has 1 aliphatic rings. The van der Waals surface area contributed by atoms with Crippen molar-refractivity contribution in [3.63, 3.8) is 0 Å². The molecule has 0 atom stereocenters. The minimum Gasteiger partial charge on any atom is -0.295 e. The normalized spacial score (nSPS) is 18.5. The van der Waals surface area contributed by atoms with Crippen molar-refractivity contribution in [2.24, 2.45) is 0 Å². The van der Waals surface area contributed by atoms with Gasteiger partial charge in [-0.25, -0.2) is 0 Å². The summed E-state index contributed by atoms with van der Waals surface area (Å²) in [5, 5.41) is 0. The third-order valence-corrected chi connectivity index (χ3v) is 4.88. The van der Waals surface area contributed by atoms with E-state index >= 15 is 0 Å². The van der Waals surface area contributed by atoms with Gasteiger partial charge in [0.1, 0.15) is 0 Å². The fraction of sp³-hybridized carbons (Fsp3) is 0.571. The summed E-state index contributed by atoms with van der Waals surface area (Å²) < 4.78 is 66.2. The van der Waals surface area contributed by atoms with Crippen LogP contribution in [0.25, 0.3) is 0 Å². The van der Waals surface area contributed by atoms with Crippen LogP contribution in [0.4, 0.5) is 13.2 Å². The van der Waals surface area contributed by atoms with Crippen molar-refractivity contribution in [3.05, 3.63) is 29.8 Å². The molecule has 1 fully saturated rings. The highest BCUT2D eigenvalue weighted by molar-refractivity contribution is 7.86. The molecule has 22 heavy (non-hydrogen) atoms. The van der Waals surface area contributed by atoms with Gasteiger partial charge in [-0.2, -0.15) is 21.6 Å². The lowest BCUT2D eigenvalue weighted by Gasteiger charge is -2.31. The molecule has 0 aliphatic carbocycles. The Morgan fingerprint density at radius 2 is 1.73 bits per heavy atom. The molecular formula is C14H18F3NO3S. The fourth-order valence-corrected chi connectivity index (χ4v) is 3.49. The summed E-state index contributed by atoms with van der Waals surface area (Å²) in [5.41, 5.74) is 0.930. The maximum Gasteiger partial charge on any atom is 0.401 e. The highest BCUT2D eigenvalue weighted by atomic mass is 32.2. The Bertz CT molecular complexity index is 591. The van der Waals surface area contributed by atoms with E-state index in [1.54, 1.807) is 12.1 Å². The second-order valence-electron chi connectivity index (χ2n) is 5.45. The number of likely N-dealkylation sites (tertiary alicyclic amines) is 1. The van der Waals surface area contributed by atoms with E-state index in [2.05, 4.69) is 0 Å². The molecule has 4 nitrogen and oxygen atoms in total. The smallest absolute Gasteiger partial charge is 0.295 e. The largest absolute Gasteiger partial charge is 0.401 e. The van der Waals surface area contributed by atoms with Crippen LogP contribution < -0.4 is 0 Å². The van der Waals surface area contributed by atoms with Gasteiger partial charge in [0.2, 0.25) is 0 Å². The Kier molecular flexibility index (Phi) is 5.14. The summed E-state index contributed by atoms with van der Waals surface area (Å²) in [5.74, 6) is 0. The standard InChI is InChI=1S/C14H18F3NO3S/c1-11-2-4-13(5-3-11)22(19,20)21-12-6-8-18(9-7-12)10-14(15,16)17/h2-5,12H,6-10H2,1H3. The predicted molar refractivity (Wildman–Crippen MR) is 75.0 cm³/mol. The molecule has 0 bridgehead atoms. The lowest BCUT2D eigenvalue weighted by Crippen LogP contribution is -2.42. The van der Waals surface area contributed by atoms with Gasteiger partial charge in [0.05, 0.1) is 17.5 Å². The van der Waals surface area contributed by atoms with Crippen molar-refractivity contribution in [2.45, 2.75) is 36.9 Å². The molecule has 0 aromatic heterocycles. The van der Waals surface area contributed by atoms with Crippen molar-refractivity contribution >= 4 is 10.1 Å². The van der Waals surface area contributed by atoms with Crippen molar-refractivity contribution in [2.75, 3.05) is 19.6 Å².